The number of ether oxygens (including phenoxy) is 1. The number of hydroxylamine groups is 3. The maximum atomic E-state index is 10.9. The Bertz CT molecular complexity index is 711. The first-order valence-corrected chi connectivity index (χ1v) is 8.19. The maximum absolute atomic E-state index is 10.9. The van der Waals surface area contributed by atoms with Crippen LogP contribution in [0.4, 0.5) is 0 Å². The summed E-state index contributed by atoms with van der Waals surface area (Å²) in [6, 6.07) is 4.45. The van der Waals surface area contributed by atoms with Gasteiger partial charge in [0.1, 0.15) is 30.5 Å². The highest BCUT2D eigenvalue weighted by molar-refractivity contribution is 5.59. The van der Waals surface area contributed by atoms with Crippen molar-refractivity contribution in [3.05, 3.63) is 41.0 Å². The summed E-state index contributed by atoms with van der Waals surface area (Å²) in [4.78, 5) is 0. The first kappa shape index (κ1) is 13.1. The number of quaternary nitrogens is 1. The molecule has 1 aromatic carbocycles. The number of likely N-dealkylation sites (tertiary alicyclic amines) is 1. The Kier molecular flexibility index (Phi) is 2.24. The molecule has 2 aliphatic heterocycles. The second kappa shape index (κ2) is 3.75. The van der Waals surface area contributed by atoms with E-state index in [1.807, 2.05) is 13.1 Å². The zero-order valence-electron chi connectivity index (χ0n) is 13.0. The number of nitrogens with zero attached hydrogens (tertiary/aromatic N) is 1. The van der Waals surface area contributed by atoms with Crippen molar-refractivity contribution in [1.29, 1.82) is 0 Å². The molecule has 1 saturated heterocycles. The highest BCUT2D eigenvalue weighted by Crippen LogP contribution is 2.61. The zero-order valence-corrected chi connectivity index (χ0v) is 13.0. The Morgan fingerprint density at radius 3 is 2.95 bits per heavy atom. The Balaban J connectivity index is 1.84. The third-order valence-electron chi connectivity index (χ3n) is 6.62. The van der Waals surface area contributed by atoms with Crippen LogP contribution >= 0.6 is 0 Å². The first-order valence-electron chi connectivity index (χ1n) is 8.19. The van der Waals surface area contributed by atoms with E-state index >= 15 is 0 Å². The predicted octanol–water partition coefficient (Wildman–Crippen LogP) is 1.70. The molecule has 1 spiro atoms. The fraction of sp³-hybridized carbons (Fsp3) is 0.556. The molecule has 5 rings (SSSR count). The van der Waals surface area contributed by atoms with E-state index in [1.54, 1.807) is 0 Å². The summed E-state index contributed by atoms with van der Waals surface area (Å²) >= 11 is 0. The van der Waals surface area contributed by atoms with Gasteiger partial charge in [0.25, 0.3) is 0 Å². The standard InChI is InChI=1S/C18H22NO3/c1-10-3-4-11-9-13-12-5-6-14(20)17-18(12,7-8-19(13,2)21)15(11)16(10)22-17/h3-6,12-14,17,20-21H,7-9H2,1-2H3/q+1/t12?,13?,14-,17-,18-,19+/m0/s1. The normalized spacial score (nSPS) is 47.1. The van der Waals surface area contributed by atoms with Crippen LogP contribution in [0.15, 0.2) is 24.3 Å². The minimum atomic E-state index is -0.565. The van der Waals surface area contributed by atoms with Gasteiger partial charge in [0, 0.05) is 24.3 Å². The number of hydrogen-bond acceptors (Lipinski definition) is 3. The van der Waals surface area contributed by atoms with E-state index in [1.165, 1.54) is 11.1 Å². The number of benzene rings is 1. The van der Waals surface area contributed by atoms with Gasteiger partial charge in [-0.2, -0.15) is 4.65 Å². The fourth-order valence-corrected chi connectivity index (χ4v) is 5.55. The van der Waals surface area contributed by atoms with Crippen LogP contribution in [0.25, 0.3) is 0 Å². The number of piperidine rings is 1. The van der Waals surface area contributed by atoms with Gasteiger partial charge in [0.2, 0.25) is 0 Å². The molecule has 1 fully saturated rings. The minimum absolute atomic E-state index is 0.0716. The Hall–Kier alpha value is -1.36. The molecule has 2 heterocycles. The lowest BCUT2D eigenvalue weighted by atomic mass is 9.53. The molecular weight excluding hydrogens is 278 g/mol. The van der Waals surface area contributed by atoms with E-state index in [-0.39, 0.29) is 28.1 Å². The van der Waals surface area contributed by atoms with Gasteiger partial charge in [-0.15, -0.1) is 0 Å². The fourth-order valence-electron chi connectivity index (χ4n) is 5.55. The van der Waals surface area contributed by atoms with Crippen LogP contribution in [-0.2, 0) is 11.8 Å². The third-order valence-corrected chi connectivity index (χ3v) is 6.62. The number of likely N-dealkylation sites (N-methyl/N-ethyl adjacent to an activating group) is 1. The average molecular weight is 300 g/mol. The summed E-state index contributed by atoms with van der Waals surface area (Å²) in [5, 5.41) is 21.4. The van der Waals surface area contributed by atoms with Crippen LogP contribution in [0.2, 0.25) is 0 Å². The summed E-state index contributed by atoms with van der Waals surface area (Å²) in [7, 11) is 1.92. The number of rotatable bonds is 0. The van der Waals surface area contributed by atoms with Crippen molar-refractivity contribution in [2.75, 3.05) is 13.6 Å². The van der Waals surface area contributed by atoms with Crippen LogP contribution in [0, 0.1) is 12.8 Å². The van der Waals surface area contributed by atoms with Gasteiger partial charge in [-0.1, -0.05) is 24.3 Å². The van der Waals surface area contributed by atoms with Crippen molar-refractivity contribution in [3.63, 3.8) is 0 Å². The molecule has 2 N–H and O–H groups in total. The summed E-state index contributed by atoms with van der Waals surface area (Å²) in [5.74, 6) is 1.22. The topological polar surface area (TPSA) is 49.7 Å². The number of aliphatic hydroxyl groups excluding tert-OH is 1. The number of aliphatic hydroxyl groups is 1. The second-order valence-corrected chi connectivity index (χ2v) is 7.68. The molecule has 6 atom stereocenters. The van der Waals surface area contributed by atoms with Gasteiger partial charge in [-0.25, -0.2) is 5.21 Å². The van der Waals surface area contributed by atoms with Crippen molar-refractivity contribution in [1.82, 2.24) is 0 Å². The average Bonchev–Trinajstić information content (AvgIpc) is 2.84. The minimum Gasteiger partial charge on any atom is -0.486 e. The van der Waals surface area contributed by atoms with E-state index in [2.05, 4.69) is 25.1 Å². The van der Waals surface area contributed by atoms with E-state index in [4.69, 9.17) is 4.74 Å². The van der Waals surface area contributed by atoms with E-state index in [9.17, 15) is 10.3 Å². The largest absolute Gasteiger partial charge is 0.486 e. The van der Waals surface area contributed by atoms with Crippen molar-refractivity contribution in [3.8, 4) is 5.75 Å². The summed E-state index contributed by atoms with van der Waals surface area (Å²) in [6.07, 6.45) is 4.97. The molecule has 4 aliphatic rings. The molecule has 2 bridgehead atoms. The third kappa shape index (κ3) is 1.27. The summed E-state index contributed by atoms with van der Waals surface area (Å²) in [5.41, 5.74) is 3.61. The van der Waals surface area contributed by atoms with Gasteiger partial charge >= 0.3 is 0 Å². The van der Waals surface area contributed by atoms with Crippen LogP contribution in [0.1, 0.15) is 23.1 Å². The van der Waals surface area contributed by atoms with Gasteiger partial charge in [-0.05, 0) is 18.1 Å². The van der Waals surface area contributed by atoms with E-state index in [0.717, 1.165) is 24.2 Å². The molecular formula is C18H22NO3+. The lowest BCUT2D eigenvalue weighted by molar-refractivity contribution is -1.11. The summed E-state index contributed by atoms with van der Waals surface area (Å²) < 4.78 is 6.37. The molecule has 0 saturated carbocycles. The Morgan fingerprint density at radius 2 is 2.14 bits per heavy atom. The van der Waals surface area contributed by atoms with Gasteiger partial charge < -0.3 is 9.84 Å². The zero-order chi connectivity index (χ0) is 15.3. The van der Waals surface area contributed by atoms with Gasteiger partial charge in [0.15, 0.2) is 0 Å². The Morgan fingerprint density at radius 1 is 1.32 bits per heavy atom. The highest BCUT2D eigenvalue weighted by Gasteiger charge is 2.67. The monoisotopic (exact) mass is 300 g/mol. The van der Waals surface area contributed by atoms with Crippen molar-refractivity contribution in [2.24, 2.45) is 5.92 Å². The lowest BCUT2D eigenvalue weighted by Gasteiger charge is -2.56. The molecule has 4 nitrogen and oxygen atoms in total. The first-order chi connectivity index (χ1) is 10.4. The number of aryl methyl sites for hydroxylation is 1. The predicted molar refractivity (Wildman–Crippen MR) is 80.9 cm³/mol. The van der Waals surface area contributed by atoms with E-state index in [0.29, 0.717) is 6.54 Å². The molecule has 0 aromatic heterocycles. The SMILES string of the molecule is Cc1ccc2c3c1O[C@H]1[C@@H](O)C=CC4C(C2)[N@+](C)(O)CC[C@@]341. The molecule has 0 amide bonds. The molecule has 116 valence electrons. The van der Waals surface area contributed by atoms with Crippen molar-refractivity contribution in [2.45, 2.75) is 43.4 Å². The summed E-state index contributed by atoms with van der Waals surface area (Å²) in [6.45, 7) is 2.80. The van der Waals surface area contributed by atoms with Crippen molar-refractivity contribution >= 4 is 0 Å². The quantitative estimate of drug-likeness (QED) is 0.566. The van der Waals surface area contributed by atoms with Crippen LogP contribution < -0.4 is 4.74 Å². The lowest BCUT2D eigenvalue weighted by Crippen LogP contribution is -2.70. The Labute approximate surface area is 130 Å². The van der Waals surface area contributed by atoms with E-state index < -0.39 is 6.10 Å². The maximum Gasteiger partial charge on any atom is 0.139 e. The molecule has 22 heavy (non-hydrogen) atoms. The van der Waals surface area contributed by atoms with Crippen LogP contribution in [-0.4, -0.2) is 46.8 Å². The van der Waals surface area contributed by atoms with Gasteiger partial charge in [-0.3, -0.25) is 0 Å². The number of hydrogen-bond donors (Lipinski definition) is 2. The van der Waals surface area contributed by atoms with Crippen molar-refractivity contribution < 1.29 is 19.7 Å². The smallest absolute Gasteiger partial charge is 0.139 e. The second-order valence-electron chi connectivity index (χ2n) is 7.68. The molecule has 2 aliphatic carbocycles. The molecule has 0 radical (unpaired) electrons. The molecule has 2 unspecified atom stereocenters. The molecule has 4 heteroatoms. The van der Waals surface area contributed by atoms with Gasteiger partial charge in [0.05, 0.1) is 12.5 Å². The van der Waals surface area contributed by atoms with Crippen LogP contribution in [0.5, 0.6) is 5.75 Å². The molecule has 1 aromatic rings. The highest BCUT2D eigenvalue weighted by atomic mass is 16.5. The van der Waals surface area contributed by atoms with Crippen LogP contribution in [0.3, 0.4) is 0 Å².